The van der Waals surface area contributed by atoms with Gasteiger partial charge in [0.25, 0.3) is 10.0 Å². The third-order valence-corrected chi connectivity index (χ3v) is 5.32. The van der Waals surface area contributed by atoms with Crippen LogP contribution in [0.4, 0.5) is 5.69 Å². The predicted molar refractivity (Wildman–Crippen MR) is 89.9 cm³/mol. The second-order valence-corrected chi connectivity index (χ2v) is 7.12. The quantitative estimate of drug-likeness (QED) is 0.732. The molecular formula is C14H11Cl2N3O3S. The highest BCUT2D eigenvalue weighted by molar-refractivity contribution is 7.93. The highest BCUT2D eigenvalue weighted by Gasteiger charge is 2.20. The van der Waals surface area contributed by atoms with E-state index in [1.54, 1.807) is 18.2 Å². The maximum absolute atomic E-state index is 12.6. The summed E-state index contributed by atoms with van der Waals surface area (Å²) in [6, 6.07) is 6.20. The Morgan fingerprint density at radius 2 is 1.96 bits per heavy atom. The second kappa shape index (κ2) is 5.92. The van der Waals surface area contributed by atoms with Crippen LogP contribution in [-0.4, -0.2) is 25.5 Å². The van der Waals surface area contributed by atoms with Gasteiger partial charge in [-0.05, 0) is 18.2 Å². The van der Waals surface area contributed by atoms with Crippen molar-refractivity contribution in [2.75, 3.05) is 11.8 Å². The molecule has 120 valence electrons. The zero-order valence-corrected chi connectivity index (χ0v) is 14.1. The van der Waals surface area contributed by atoms with Crippen LogP contribution in [0, 0.1) is 0 Å². The van der Waals surface area contributed by atoms with E-state index in [-0.39, 0.29) is 9.92 Å². The molecule has 3 rings (SSSR count). The molecule has 0 saturated carbocycles. The number of sulfonamides is 1. The first-order chi connectivity index (χ1) is 10.9. The molecule has 2 N–H and O–H groups in total. The van der Waals surface area contributed by atoms with Crippen LogP contribution in [0.1, 0.15) is 0 Å². The van der Waals surface area contributed by atoms with Crippen LogP contribution in [0.15, 0.2) is 41.6 Å². The number of hydrogen-bond acceptors (Lipinski definition) is 4. The summed E-state index contributed by atoms with van der Waals surface area (Å²) in [5.41, 5.74) is 0.896. The Bertz CT molecular complexity index is 969. The van der Waals surface area contributed by atoms with Crippen LogP contribution >= 0.6 is 23.2 Å². The van der Waals surface area contributed by atoms with Crippen LogP contribution in [0.3, 0.4) is 0 Å². The molecule has 2 heterocycles. The zero-order valence-electron chi connectivity index (χ0n) is 11.8. The molecule has 1 aromatic carbocycles. The van der Waals surface area contributed by atoms with E-state index in [2.05, 4.69) is 14.7 Å². The van der Waals surface area contributed by atoms with Crippen molar-refractivity contribution in [1.82, 2.24) is 9.97 Å². The number of H-pyrrole nitrogens is 1. The van der Waals surface area contributed by atoms with Crippen molar-refractivity contribution in [3.8, 4) is 5.88 Å². The van der Waals surface area contributed by atoms with Gasteiger partial charge in [0.1, 0.15) is 4.90 Å². The fraction of sp³-hybridized carbons (Fsp3) is 0.0714. The number of pyridine rings is 1. The Balaban J connectivity index is 2.00. The van der Waals surface area contributed by atoms with Gasteiger partial charge in [0, 0.05) is 23.2 Å². The van der Waals surface area contributed by atoms with E-state index in [4.69, 9.17) is 27.9 Å². The molecule has 23 heavy (non-hydrogen) atoms. The van der Waals surface area contributed by atoms with Crippen LogP contribution in [0.25, 0.3) is 10.9 Å². The summed E-state index contributed by atoms with van der Waals surface area (Å²) in [5.74, 6) is 0.390. The Morgan fingerprint density at radius 1 is 1.22 bits per heavy atom. The first-order valence-corrected chi connectivity index (χ1v) is 8.63. The molecule has 0 amide bonds. The van der Waals surface area contributed by atoms with Crippen molar-refractivity contribution < 1.29 is 13.2 Å². The molecule has 0 spiro atoms. The van der Waals surface area contributed by atoms with E-state index in [1.807, 2.05) is 0 Å². The fourth-order valence-electron chi connectivity index (χ4n) is 2.09. The van der Waals surface area contributed by atoms with Gasteiger partial charge in [-0.25, -0.2) is 13.4 Å². The van der Waals surface area contributed by atoms with E-state index in [1.165, 1.54) is 25.6 Å². The lowest BCUT2D eigenvalue weighted by atomic mass is 10.2. The average Bonchev–Trinajstić information content (AvgIpc) is 2.92. The number of aromatic amines is 1. The Morgan fingerprint density at radius 3 is 2.61 bits per heavy atom. The van der Waals surface area contributed by atoms with Crippen LogP contribution in [0.2, 0.25) is 10.0 Å². The molecule has 0 aliphatic heterocycles. The number of benzene rings is 1. The van der Waals surface area contributed by atoms with Crippen LogP contribution < -0.4 is 9.46 Å². The van der Waals surface area contributed by atoms with Gasteiger partial charge in [0.05, 0.1) is 29.0 Å². The highest BCUT2D eigenvalue weighted by atomic mass is 35.5. The lowest BCUT2D eigenvalue weighted by Gasteiger charge is -2.07. The number of methoxy groups -OCH3 is 1. The van der Waals surface area contributed by atoms with Crippen molar-refractivity contribution in [1.29, 1.82) is 0 Å². The van der Waals surface area contributed by atoms with Gasteiger partial charge in [-0.3, -0.25) is 4.72 Å². The van der Waals surface area contributed by atoms with Crippen LogP contribution in [-0.2, 0) is 10.0 Å². The summed E-state index contributed by atoms with van der Waals surface area (Å²) >= 11 is 11.9. The van der Waals surface area contributed by atoms with E-state index < -0.39 is 10.0 Å². The number of aromatic nitrogens is 2. The topological polar surface area (TPSA) is 84.1 Å². The summed E-state index contributed by atoms with van der Waals surface area (Å²) in [7, 11) is -2.33. The minimum atomic E-state index is -3.81. The number of fused-ring (bicyclic) bond motifs is 1. The number of halogens is 2. The van der Waals surface area contributed by atoms with Crippen molar-refractivity contribution in [2.45, 2.75) is 4.90 Å². The number of nitrogens with zero attached hydrogens (tertiary/aromatic N) is 1. The minimum Gasteiger partial charge on any atom is -0.481 e. The van der Waals surface area contributed by atoms with Crippen molar-refractivity contribution in [2.24, 2.45) is 0 Å². The Labute approximate surface area is 142 Å². The summed E-state index contributed by atoms with van der Waals surface area (Å²) in [6.07, 6.45) is 2.76. The molecule has 0 fully saturated rings. The summed E-state index contributed by atoms with van der Waals surface area (Å²) in [6.45, 7) is 0. The molecule has 0 aliphatic rings. The second-order valence-electron chi connectivity index (χ2n) is 4.66. The fourth-order valence-corrected chi connectivity index (χ4v) is 3.63. The number of rotatable bonds is 4. The molecule has 0 saturated heterocycles. The average molecular weight is 372 g/mol. The van der Waals surface area contributed by atoms with E-state index in [9.17, 15) is 8.42 Å². The van der Waals surface area contributed by atoms with Gasteiger partial charge in [0.15, 0.2) is 0 Å². The monoisotopic (exact) mass is 371 g/mol. The summed E-state index contributed by atoms with van der Waals surface area (Å²) in [5, 5.41) is 1.08. The van der Waals surface area contributed by atoms with Crippen molar-refractivity contribution in [3.63, 3.8) is 0 Å². The molecule has 2 aromatic heterocycles. The molecular weight excluding hydrogens is 361 g/mol. The first kappa shape index (κ1) is 15.9. The molecule has 0 bridgehead atoms. The molecule has 3 aromatic rings. The van der Waals surface area contributed by atoms with E-state index >= 15 is 0 Å². The van der Waals surface area contributed by atoms with Gasteiger partial charge in [-0.1, -0.05) is 23.2 Å². The highest BCUT2D eigenvalue weighted by Crippen LogP contribution is 2.32. The number of hydrogen-bond donors (Lipinski definition) is 2. The predicted octanol–water partition coefficient (Wildman–Crippen LogP) is 3.68. The maximum atomic E-state index is 12.6. The molecule has 0 radical (unpaired) electrons. The SMILES string of the molecule is COc1ccc(NS(=O)(=O)c2c[nH]c3cc(Cl)c(Cl)cc23)cn1. The third-order valence-electron chi connectivity index (χ3n) is 3.17. The number of nitrogens with one attached hydrogen (secondary N) is 2. The van der Waals surface area contributed by atoms with Crippen molar-refractivity contribution >= 4 is 49.8 Å². The van der Waals surface area contributed by atoms with E-state index in [0.29, 0.717) is 27.5 Å². The molecule has 9 heteroatoms. The Hall–Kier alpha value is -1.96. The Kier molecular flexibility index (Phi) is 4.09. The van der Waals surface area contributed by atoms with Crippen molar-refractivity contribution in [3.05, 3.63) is 46.7 Å². The molecule has 0 aliphatic carbocycles. The lowest BCUT2D eigenvalue weighted by Crippen LogP contribution is -2.12. The number of anilines is 1. The molecule has 0 unspecified atom stereocenters. The van der Waals surface area contributed by atoms with Gasteiger partial charge >= 0.3 is 0 Å². The van der Waals surface area contributed by atoms with Gasteiger partial charge in [-0.15, -0.1) is 0 Å². The molecule has 0 atom stereocenters. The van der Waals surface area contributed by atoms with Gasteiger partial charge < -0.3 is 9.72 Å². The number of ether oxygens (including phenoxy) is 1. The molecule has 6 nitrogen and oxygen atoms in total. The minimum absolute atomic E-state index is 0.0712. The van der Waals surface area contributed by atoms with Crippen LogP contribution in [0.5, 0.6) is 5.88 Å². The largest absolute Gasteiger partial charge is 0.481 e. The van der Waals surface area contributed by atoms with Gasteiger partial charge in [0.2, 0.25) is 5.88 Å². The zero-order chi connectivity index (χ0) is 16.6. The summed E-state index contributed by atoms with van der Waals surface area (Å²) in [4.78, 5) is 6.89. The lowest BCUT2D eigenvalue weighted by molar-refractivity contribution is 0.398. The smallest absolute Gasteiger partial charge is 0.264 e. The third kappa shape index (κ3) is 3.08. The standard InChI is InChI=1S/C14H11Cl2N3O3S/c1-22-14-3-2-8(6-18-14)19-23(20,21)13-7-17-12-5-11(16)10(15)4-9(12)13/h2-7,17,19H,1H3. The van der Waals surface area contributed by atoms with E-state index in [0.717, 1.165) is 0 Å². The normalized spacial score (nSPS) is 11.6. The summed E-state index contributed by atoms with van der Waals surface area (Å²) < 4.78 is 32.5. The maximum Gasteiger partial charge on any atom is 0.264 e. The van der Waals surface area contributed by atoms with Gasteiger partial charge in [-0.2, -0.15) is 0 Å². The first-order valence-electron chi connectivity index (χ1n) is 6.40.